The largest absolute Gasteiger partial charge is 0.508 e. The van der Waals surface area contributed by atoms with E-state index in [0.29, 0.717) is 11.1 Å². The Morgan fingerprint density at radius 2 is 1.10 bits per heavy atom. The highest BCUT2D eigenvalue weighted by Gasteiger charge is 2.31. The molecule has 0 aliphatic rings. The number of nitrogens with two attached hydrogens (primary N) is 1. The van der Waals surface area contributed by atoms with E-state index in [1.54, 1.807) is 0 Å². The number of amides is 3. The Balaban J connectivity index is 2.20. The average Bonchev–Trinajstić information content (AvgIpc) is 2.88. The van der Waals surface area contributed by atoms with Crippen molar-refractivity contribution in [1.82, 2.24) is 16.0 Å². The summed E-state index contributed by atoms with van der Waals surface area (Å²) in [5.74, 6) is -5.93. The first-order chi connectivity index (χ1) is 18.4. The number of carbonyl (C=O) groups is 5. The van der Waals surface area contributed by atoms with Gasteiger partial charge in [-0.3, -0.25) is 19.2 Å². The Labute approximate surface area is 222 Å². The van der Waals surface area contributed by atoms with Gasteiger partial charge >= 0.3 is 11.9 Å². The summed E-state index contributed by atoms with van der Waals surface area (Å²) < 4.78 is 0. The monoisotopic (exact) mass is 546 g/mol. The number of phenolic OH excluding ortho intramolecular Hbond substituents is 2. The molecule has 2 aromatic carbocycles. The fraction of sp³-hybridized carbons (Fsp3) is 0.320. The van der Waals surface area contributed by atoms with Gasteiger partial charge in [0.15, 0.2) is 0 Å². The minimum Gasteiger partial charge on any atom is -0.508 e. The van der Waals surface area contributed by atoms with Gasteiger partial charge in [0.05, 0.1) is 19.1 Å². The van der Waals surface area contributed by atoms with Crippen LogP contribution in [-0.4, -0.2) is 86.0 Å². The first kappa shape index (κ1) is 30.5. The van der Waals surface area contributed by atoms with Crippen LogP contribution >= 0.6 is 0 Å². The molecule has 4 atom stereocenters. The Morgan fingerprint density at radius 3 is 1.56 bits per heavy atom. The van der Waals surface area contributed by atoms with Crippen LogP contribution in [0.4, 0.5) is 0 Å². The highest BCUT2D eigenvalue weighted by molar-refractivity contribution is 5.95. The van der Waals surface area contributed by atoms with E-state index in [2.05, 4.69) is 16.0 Å². The van der Waals surface area contributed by atoms with Crippen LogP contribution in [0.15, 0.2) is 48.5 Å². The number of carbonyl (C=O) groups excluding carboxylic acids is 3. The number of aliphatic hydroxyl groups is 1. The molecule has 0 spiro atoms. The van der Waals surface area contributed by atoms with Crippen LogP contribution in [0, 0.1) is 0 Å². The number of carboxylic acid groups (broad SMARTS) is 2. The number of aliphatic carboxylic acids is 2. The summed E-state index contributed by atoms with van der Waals surface area (Å²) in [5, 5.41) is 53.2. The highest BCUT2D eigenvalue weighted by atomic mass is 16.4. The summed E-state index contributed by atoms with van der Waals surface area (Å²) in [6.07, 6.45) is -1.05. The lowest BCUT2D eigenvalue weighted by Crippen LogP contribution is -2.58. The summed E-state index contributed by atoms with van der Waals surface area (Å²) in [6, 6.07) is 5.43. The zero-order valence-electron chi connectivity index (χ0n) is 20.6. The number of rotatable bonds is 14. The van der Waals surface area contributed by atoms with E-state index in [4.69, 9.17) is 10.8 Å². The van der Waals surface area contributed by atoms with Gasteiger partial charge in [0, 0.05) is 6.42 Å². The van der Waals surface area contributed by atoms with Crippen molar-refractivity contribution < 1.29 is 49.5 Å². The molecule has 4 unspecified atom stereocenters. The lowest BCUT2D eigenvalue weighted by Gasteiger charge is -2.24. The molecule has 2 aromatic rings. The zero-order chi connectivity index (χ0) is 29.1. The van der Waals surface area contributed by atoms with Crippen molar-refractivity contribution in [2.75, 3.05) is 6.61 Å². The van der Waals surface area contributed by atoms with E-state index in [0.717, 1.165) is 0 Å². The van der Waals surface area contributed by atoms with Gasteiger partial charge in [0.25, 0.3) is 0 Å². The van der Waals surface area contributed by atoms with Gasteiger partial charge in [-0.15, -0.1) is 0 Å². The molecule has 0 aliphatic carbocycles. The molecule has 0 radical (unpaired) electrons. The number of aliphatic hydroxyl groups excluding tert-OH is 1. The number of carboxylic acids is 2. The third kappa shape index (κ3) is 9.94. The molecular formula is C25H30N4O10. The van der Waals surface area contributed by atoms with Crippen LogP contribution in [0.25, 0.3) is 0 Å². The van der Waals surface area contributed by atoms with Gasteiger partial charge < -0.3 is 47.2 Å². The van der Waals surface area contributed by atoms with Crippen LogP contribution < -0.4 is 21.7 Å². The second-order valence-electron chi connectivity index (χ2n) is 8.65. The van der Waals surface area contributed by atoms with E-state index < -0.39 is 66.9 Å². The molecule has 3 amide bonds. The van der Waals surface area contributed by atoms with E-state index in [-0.39, 0.29) is 24.3 Å². The SMILES string of the molecule is NC(Cc1ccc(O)cc1)C(=O)NC(CC(=O)O)C(=O)NC(Cc1ccc(O)cc1)C(=O)NC(CO)C(=O)O. The smallest absolute Gasteiger partial charge is 0.328 e. The summed E-state index contributed by atoms with van der Waals surface area (Å²) in [5.41, 5.74) is 6.95. The number of aromatic hydroxyl groups is 2. The highest BCUT2D eigenvalue weighted by Crippen LogP contribution is 2.13. The molecule has 14 nitrogen and oxygen atoms in total. The molecule has 14 heteroatoms. The Kier molecular flexibility index (Phi) is 11.2. The third-order valence-electron chi connectivity index (χ3n) is 5.55. The fourth-order valence-electron chi connectivity index (χ4n) is 3.45. The van der Waals surface area contributed by atoms with Crippen molar-refractivity contribution >= 4 is 29.7 Å². The maximum Gasteiger partial charge on any atom is 0.328 e. The Hall–Kier alpha value is -4.69. The first-order valence-corrected chi connectivity index (χ1v) is 11.7. The molecule has 0 aliphatic heterocycles. The van der Waals surface area contributed by atoms with Gasteiger partial charge in [0.2, 0.25) is 17.7 Å². The lowest BCUT2D eigenvalue weighted by molar-refractivity contribution is -0.144. The predicted molar refractivity (Wildman–Crippen MR) is 134 cm³/mol. The number of benzene rings is 2. The molecule has 210 valence electrons. The van der Waals surface area contributed by atoms with Gasteiger partial charge in [-0.25, -0.2) is 4.79 Å². The van der Waals surface area contributed by atoms with Crippen molar-refractivity contribution in [1.29, 1.82) is 0 Å². The molecular weight excluding hydrogens is 516 g/mol. The van der Waals surface area contributed by atoms with Crippen molar-refractivity contribution in [3.8, 4) is 11.5 Å². The minimum atomic E-state index is -1.68. The van der Waals surface area contributed by atoms with Crippen LogP contribution in [0.1, 0.15) is 17.5 Å². The van der Waals surface area contributed by atoms with Gasteiger partial charge in [-0.2, -0.15) is 0 Å². The predicted octanol–water partition coefficient (Wildman–Crippen LogP) is -1.78. The van der Waals surface area contributed by atoms with E-state index in [1.165, 1.54) is 48.5 Å². The second kappa shape index (κ2) is 14.3. The number of hydrogen-bond donors (Lipinski definition) is 9. The van der Waals surface area contributed by atoms with Gasteiger partial charge in [-0.05, 0) is 41.8 Å². The molecule has 2 rings (SSSR count). The molecule has 0 fully saturated rings. The summed E-state index contributed by atoms with van der Waals surface area (Å²) in [4.78, 5) is 61.2. The standard InChI is InChI=1S/C25H30N4O10/c26-17(9-13-1-5-15(31)6-2-13)22(35)27-19(11-21(33)34)24(37)28-18(10-14-3-7-16(32)8-4-14)23(36)29-20(12-30)25(38)39/h1-8,17-20,30-32H,9-12,26H2,(H,27,35)(H,28,37)(H,29,36)(H,33,34)(H,38,39). The van der Waals surface area contributed by atoms with Crippen LogP contribution in [0.3, 0.4) is 0 Å². The van der Waals surface area contributed by atoms with Crippen molar-refractivity contribution in [3.63, 3.8) is 0 Å². The van der Waals surface area contributed by atoms with Gasteiger partial charge in [-0.1, -0.05) is 24.3 Å². The molecule has 39 heavy (non-hydrogen) atoms. The molecule has 0 aromatic heterocycles. The number of phenols is 2. The minimum absolute atomic E-state index is 0.00882. The second-order valence-corrected chi connectivity index (χ2v) is 8.65. The first-order valence-electron chi connectivity index (χ1n) is 11.7. The zero-order valence-corrected chi connectivity index (χ0v) is 20.6. The lowest BCUT2D eigenvalue weighted by atomic mass is 10.0. The quantitative estimate of drug-likeness (QED) is 0.128. The average molecular weight is 547 g/mol. The molecule has 0 saturated carbocycles. The van der Waals surface area contributed by atoms with Crippen LogP contribution in [0.2, 0.25) is 0 Å². The Bertz CT molecular complexity index is 1170. The Morgan fingerprint density at radius 1 is 0.667 bits per heavy atom. The molecule has 0 saturated heterocycles. The van der Waals surface area contributed by atoms with Crippen molar-refractivity contribution in [3.05, 3.63) is 59.7 Å². The fourth-order valence-corrected chi connectivity index (χ4v) is 3.45. The van der Waals surface area contributed by atoms with E-state index >= 15 is 0 Å². The third-order valence-corrected chi connectivity index (χ3v) is 5.55. The molecule has 0 bridgehead atoms. The van der Waals surface area contributed by atoms with E-state index in [9.17, 15) is 44.4 Å². The molecule has 0 heterocycles. The van der Waals surface area contributed by atoms with Crippen molar-refractivity contribution in [2.45, 2.75) is 43.4 Å². The molecule has 10 N–H and O–H groups in total. The number of nitrogens with one attached hydrogen (secondary N) is 3. The number of hydrogen-bond acceptors (Lipinski definition) is 9. The summed E-state index contributed by atoms with van der Waals surface area (Å²) in [6.45, 7) is -0.933. The normalized spacial score (nSPS) is 13.8. The maximum atomic E-state index is 13.0. The topological polar surface area (TPSA) is 249 Å². The maximum absolute atomic E-state index is 13.0. The van der Waals surface area contributed by atoms with E-state index in [1.807, 2.05) is 0 Å². The van der Waals surface area contributed by atoms with Gasteiger partial charge in [0.1, 0.15) is 29.6 Å². The summed E-state index contributed by atoms with van der Waals surface area (Å²) >= 11 is 0. The van der Waals surface area contributed by atoms with Crippen LogP contribution in [0.5, 0.6) is 11.5 Å². The summed E-state index contributed by atoms with van der Waals surface area (Å²) in [7, 11) is 0. The van der Waals surface area contributed by atoms with Crippen LogP contribution in [-0.2, 0) is 36.8 Å². The van der Waals surface area contributed by atoms with Crippen molar-refractivity contribution in [2.24, 2.45) is 5.73 Å².